The third kappa shape index (κ3) is 4.56. The van der Waals surface area contributed by atoms with Gasteiger partial charge in [-0.15, -0.1) is 11.3 Å². The molecule has 0 radical (unpaired) electrons. The summed E-state index contributed by atoms with van der Waals surface area (Å²) in [7, 11) is 2.14. The van der Waals surface area contributed by atoms with Crippen LogP contribution in [0.1, 0.15) is 36.8 Å². The molecule has 4 heteroatoms. The molecule has 0 saturated heterocycles. The Balaban J connectivity index is 2.07. The lowest BCUT2D eigenvalue weighted by atomic mass is 10.1. The summed E-state index contributed by atoms with van der Waals surface area (Å²) in [4.78, 5) is 3.67. The number of halogens is 1. The molecule has 0 saturated carbocycles. The number of nitrogens with zero attached hydrogens (tertiary/aromatic N) is 1. The third-order valence-electron chi connectivity index (χ3n) is 3.56. The number of rotatable bonds is 7. The lowest BCUT2D eigenvalue weighted by molar-refractivity contribution is 0.569. The predicted octanol–water partition coefficient (Wildman–Crippen LogP) is 5.21. The van der Waals surface area contributed by atoms with Crippen molar-refractivity contribution in [1.29, 1.82) is 0 Å². The van der Waals surface area contributed by atoms with Gasteiger partial charge in [0.15, 0.2) is 0 Å². The Kier molecular flexibility index (Phi) is 6.27. The van der Waals surface area contributed by atoms with Gasteiger partial charge in [-0.05, 0) is 49.0 Å². The van der Waals surface area contributed by atoms with Crippen molar-refractivity contribution in [3.05, 3.63) is 50.6 Å². The minimum Gasteiger partial charge on any atom is -0.369 e. The molecule has 0 spiro atoms. The second-order valence-corrected chi connectivity index (χ2v) is 7.20. The van der Waals surface area contributed by atoms with Gasteiger partial charge in [-0.1, -0.05) is 35.0 Å². The van der Waals surface area contributed by atoms with Crippen LogP contribution < -0.4 is 10.2 Å². The minimum atomic E-state index is 0.371. The average molecular weight is 367 g/mol. The maximum atomic E-state index is 3.72. The standard InChI is InChI=1S/C17H23BrN2S/c1-4-9-19-13(2)16-8-7-14(11-17(16)18)20(3)12-15-6-5-10-21-15/h5-8,10-11,13,19H,4,9,12H2,1-3H3. The lowest BCUT2D eigenvalue weighted by Crippen LogP contribution is -2.20. The number of benzene rings is 1. The molecular formula is C17H23BrN2S. The highest BCUT2D eigenvalue weighted by Gasteiger charge is 2.11. The normalized spacial score (nSPS) is 12.4. The molecule has 0 fully saturated rings. The Morgan fingerprint density at radius 3 is 2.76 bits per heavy atom. The van der Waals surface area contributed by atoms with E-state index in [0.29, 0.717) is 6.04 Å². The SMILES string of the molecule is CCCNC(C)c1ccc(N(C)Cc2cccs2)cc1Br. The molecule has 0 aliphatic heterocycles. The van der Waals surface area contributed by atoms with Crippen molar-refractivity contribution in [3.63, 3.8) is 0 Å². The minimum absolute atomic E-state index is 0.371. The van der Waals surface area contributed by atoms with Crippen LogP contribution in [0.3, 0.4) is 0 Å². The molecule has 1 aromatic heterocycles. The fourth-order valence-electron chi connectivity index (χ4n) is 2.30. The predicted molar refractivity (Wildman–Crippen MR) is 97.3 cm³/mol. The first-order chi connectivity index (χ1) is 10.1. The molecule has 2 rings (SSSR count). The molecule has 0 amide bonds. The van der Waals surface area contributed by atoms with Gasteiger partial charge in [-0.3, -0.25) is 0 Å². The van der Waals surface area contributed by atoms with E-state index < -0.39 is 0 Å². The average Bonchev–Trinajstić information content (AvgIpc) is 2.97. The highest BCUT2D eigenvalue weighted by atomic mass is 79.9. The maximum Gasteiger partial charge on any atom is 0.0519 e. The summed E-state index contributed by atoms with van der Waals surface area (Å²) in [6.07, 6.45) is 1.16. The fourth-order valence-corrected chi connectivity index (χ4v) is 3.77. The Morgan fingerprint density at radius 1 is 1.33 bits per heavy atom. The van der Waals surface area contributed by atoms with E-state index in [1.54, 1.807) is 11.3 Å². The monoisotopic (exact) mass is 366 g/mol. The van der Waals surface area contributed by atoms with E-state index in [1.165, 1.54) is 20.6 Å². The van der Waals surface area contributed by atoms with Crippen LogP contribution in [-0.2, 0) is 6.54 Å². The van der Waals surface area contributed by atoms with Gasteiger partial charge >= 0.3 is 0 Å². The van der Waals surface area contributed by atoms with Gasteiger partial charge in [0.25, 0.3) is 0 Å². The Hall–Kier alpha value is -0.840. The molecule has 0 aliphatic carbocycles. The van der Waals surface area contributed by atoms with E-state index in [1.807, 2.05) is 0 Å². The van der Waals surface area contributed by atoms with E-state index in [9.17, 15) is 0 Å². The number of thiophene rings is 1. The van der Waals surface area contributed by atoms with Gasteiger partial charge in [-0.25, -0.2) is 0 Å². The number of hydrogen-bond acceptors (Lipinski definition) is 3. The summed E-state index contributed by atoms with van der Waals surface area (Å²) in [5, 5.41) is 5.66. The maximum absolute atomic E-state index is 3.72. The van der Waals surface area contributed by atoms with Gasteiger partial charge in [0.05, 0.1) is 6.54 Å². The van der Waals surface area contributed by atoms with Gasteiger partial charge in [0.1, 0.15) is 0 Å². The number of nitrogens with one attached hydrogen (secondary N) is 1. The molecule has 1 unspecified atom stereocenters. The van der Waals surface area contributed by atoms with Crippen molar-refractivity contribution in [2.75, 3.05) is 18.5 Å². The molecular weight excluding hydrogens is 344 g/mol. The molecule has 0 bridgehead atoms. The second-order valence-electron chi connectivity index (χ2n) is 5.32. The molecule has 1 N–H and O–H groups in total. The third-order valence-corrected chi connectivity index (χ3v) is 5.11. The van der Waals surface area contributed by atoms with Gasteiger partial charge in [0.2, 0.25) is 0 Å². The first-order valence-electron chi connectivity index (χ1n) is 7.38. The summed E-state index contributed by atoms with van der Waals surface area (Å²) in [5.41, 5.74) is 2.55. The summed E-state index contributed by atoms with van der Waals surface area (Å²) in [6, 6.07) is 11.3. The van der Waals surface area contributed by atoms with Gasteiger partial charge < -0.3 is 10.2 Å². The molecule has 21 heavy (non-hydrogen) atoms. The first kappa shape index (κ1) is 16.5. The van der Waals surface area contributed by atoms with Crippen LogP contribution in [0, 0.1) is 0 Å². The second kappa shape index (κ2) is 7.97. The lowest BCUT2D eigenvalue weighted by Gasteiger charge is -2.21. The van der Waals surface area contributed by atoms with E-state index in [4.69, 9.17) is 0 Å². The molecule has 1 heterocycles. The summed E-state index contributed by atoms with van der Waals surface area (Å²) >= 11 is 5.53. The van der Waals surface area contributed by atoms with Crippen molar-refractivity contribution in [3.8, 4) is 0 Å². The van der Waals surface area contributed by atoms with Crippen molar-refractivity contribution in [2.45, 2.75) is 32.9 Å². The Morgan fingerprint density at radius 2 is 2.14 bits per heavy atom. The fraction of sp³-hybridized carbons (Fsp3) is 0.412. The van der Waals surface area contributed by atoms with Crippen molar-refractivity contribution in [1.82, 2.24) is 5.32 Å². The molecule has 2 aromatic rings. The topological polar surface area (TPSA) is 15.3 Å². The van der Waals surface area contributed by atoms with Crippen molar-refractivity contribution >= 4 is 33.0 Å². The molecule has 1 aromatic carbocycles. The van der Waals surface area contributed by atoms with Crippen LogP contribution in [0.4, 0.5) is 5.69 Å². The quantitative estimate of drug-likeness (QED) is 0.723. The Labute approximate surface area is 140 Å². The van der Waals surface area contributed by atoms with Gasteiger partial charge in [-0.2, -0.15) is 0 Å². The zero-order chi connectivity index (χ0) is 15.2. The summed E-state index contributed by atoms with van der Waals surface area (Å²) in [5.74, 6) is 0. The van der Waals surface area contributed by atoms with Crippen LogP contribution >= 0.6 is 27.3 Å². The largest absolute Gasteiger partial charge is 0.369 e. The first-order valence-corrected chi connectivity index (χ1v) is 9.05. The van der Waals surface area contributed by atoms with E-state index in [0.717, 1.165) is 19.5 Å². The molecule has 0 aliphatic rings. The van der Waals surface area contributed by atoms with Crippen LogP contribution in [0.25, 0.3) is 0 Å². The smallest absolute Gasteiger partial charge is 0.0519 e. The zero-order valence-electron chi connectivity index (χ0n) is 12.9. The van der Waals surface area contributed by atoms with Crippen LogP contribution in [0.5, 0.6) is 0 Å². The molecule has 1 atom stereocenters. The van der Waals surface area contributed by atoms with E-state index in [2.05, 4.69) is 82.8 Å². The summed E-state index contributed by atoms with van der Waals surface area (Å²) in [6.45, 7) is 6.41. The van der Waals surface area contributed by atoms with Crippen LogP contribution in [0.2, 0.25) is 0 Å². The number of anilines is 1. The van der Waals surface area contributed by atoms with E-state index in [-0.39, 0.29) is 0 Å². The van der Waals surface area contributed by atoms with Gasteiger partial charge in [0, 0.05) is 28.1 Å². The van der Waals surface area contributed by atoms with E-state index >= 15 is 0 Å². The van der Waals surface area contributed by atoms with Crippen molar-refractivity contribution in [2.24, 2.45) is 0 Å². The van der Waals surface area contributed by atoms with Crippen molar-refractivity contribution < 1.29 is 0 Å². The molecule has 2 nitrogen and oxygen atoms in total. The van der Waals surface area contributed by atoms with Crippen LogP contribution in [-0.4, -0.2) is 13.6 Å². The molecule has 114 valence electrons. The summed E-state index contributed by atoms with van der Waals surface area (Å²) < 4.78 is 1.18. The zero-order valence-corrected chi connectivity index (χ0v) is 15.3. The Bertz CT molecular complexity index is 554. The highest BCUT2D eigenvalue weighted by Crippen LogP contribution is 2.29. The number of hydrogen-bond donors (Lipinski definition) is 1. The highest BCUT2D eigenvalue weighted by molar-refractivity contribution is 9.10. The van der Waals surface area contributed by atoms with Crippen LogP contribution in [0.15, 0.2) is 40.2 Å².